The summed E-state index contributed by atoms with van der Waals surface area (Å²) >= 11 is 0. The molecule has 1 aromatic heterocycles. The smallest absolute Gasteiger partial charge is 0.313 e. The first-order valence-electron chi connectivity index (χ1n) is 14.1. The van der Waals surface area contributed by atoms with E-state index in [0.717, 1.165) is 33.2 Å². The summed E-state index contributed by atoms with van der Waals surface area (Å²) < 4.78 is 12.3. The topological polar surface area (TPSA) is 68.7 Å². The van der Waals surface area contributed by atoms with Gasteiger partial charge in [0.25, 0.3) is 0 Å². The number of nitrogens with zero attached hydrogens (tertiary/aromatic N) is 1. The second-order valence-corrected chi connectivity index (χ2v) is 10.0. The molecule has 0 spiro atoms. The van der Waals surface area contributed by atoms with Crippen LogP contribution < -0.4 is 0 Å². The summed E-state index contributed by atoms with van der Waals surface area (Å²) in [4.78, 5) is 17.7. The van der Waals surface area contributed by atoms with Crippen molar-refractivity contribution in [3.63, 3.8) is 0 Å². The number of fused-ring (bicyclic) bond motifs is 1. The zero-order valence-electron chi connectivity index (χ0n) is 23.2. The number of aryl methyl sites for hydroxylation is 1. The summed E-state index contributed by atoms with van der Waals surface area (Å²) in [5.41, 5.74) is 3.76. The average molecular weight is 546 g/mol. The second-order valence-electron chi connectivity index (χ2n) is 10.0. The lowest BCUT2D eigenvalue weighted by molar-refractivity contribution is -0.157. The van der Waals surface area contributed by atoms with Gasteiger partial charge in [-0.2, -0.15) is 0 Å². The quantitative estimate of drug-likeness (QED) is 0.139. The van der Waals surface area contributed by atoms with Gasteiger partial charge in [-0.15, -0.1) is 0 Å². The fourth-order valence-electron chi connectivity index (χ4n) is 5.45. The van der Waals surface area contributed by atoms with E-state index in [1.807, 2.05) is 121 Å². The lowest BCUT2D eigenvalue weighted by Crippen LogP contribution is -2.40. The van der Waals surface area contributed by atoms with Crippen LogP contribution in [0, 0.1) is 5.92 Å². The fourth-order valence-corrected chi connectivity index (χ4v) is 5.45. The van der Waals surface area contributed by atoms with E-state index in [9.17, 15) is 9.90 Å². The van der Waals surface area contributed by atoms with Crippen LogP contribution in [0.15, 0.2) is 128 Å². The number of benzene rings is 4. The highest BCUT2D eigenvalue weighted by atomic mass is 16.5. The van der Waals surface area contributed by atoms with Gasteiger partial charge < -0.3 is 14.6 Å². The van der Waals surface area contributed by atoms with Gasteiger partial charge in [-0.3, -0.25) is 9.78 Å². The van der Waals surface area contributed by atoms with Crippen molar-refractivity contribution in [2.75, 3.05) is 13.2 Å². The van der Waals surface area contributed by atoms with Crippen molar-refractivity contribution in [3.8, 4) is 0 Å². The lowest BCUT2D eigenvalue weighted by atomic mass is 9.80. The molecule has 0 radical (unpaired) electrons. The highest BCUT2D eigenvalue weighted by Crippen LogP contribution is 2.41. The molecular formula is C36H35NO4. The molecule has 0 aliphatic rings. The molecule has 5 heteroatoms. The highest BCUT2D eigenvalue weighted by molar-refractivity contribution is 5.81. The zero-order valence-corrected chi connectivity index (χ0v) is 23.2. The Morgan fingerprint density at radius 1 is 0.780 bits per heavy atom. The van der Waals surface area contributed by atoms with Gasteiger partial charge in [0.05, 0.1) is 24.8 Å². The molecular weight excluding hydrogens is 510 g/mol. The molecule has 208 valence electrons. The number of hydrogen-bond donors (Lipinski definition) is 1. The van der Waals surface area contributed by atoms with E-state index in [1.165, 1.54) is 0 Å². The van der Waals surface area contributed by atoms with E-state index in [1.54, 1.807) is 13.1 Å². The Labute approximate surface area is 241 Å². The number of pyridine rings is 1. The number of ether oxygens (including phenoxy) is 2. The van der Waals surface area contributed by atoms with E-state index in [4.69, 9.17) is 9.47 Å². The van der Waals surface area contributed by atoms with Crippen LogP contribution in [0.4, 0.5) is 0 Å². The molecule has 4 aromatic carbocycles. The van der Waals surface area contributed by atoms with Crippen molar-refractivity contribution in [2.24, 2.45) is 5.92 Å². The van der Waals surface area contributed by atoms with E-state index in [2.05, 4.69) is 4.98 Å². The van der Waals surface area contributed by atoms with Crippen LogP contribution in [-0.4, -0.2) is 35.4 Å². The summed E-state index contributed by atoms with van der Waals surface area (Å²) in [5.74, 6) is -1.35. The number of aromatic nitrogens is 1. The number of aliphatic hydroxyl groups is 1. The molecule has 5 aromatic rings. The Morgan fingerprint density at radius 3 is 1.88 bits per heavy atom. The molecule has 0 amide bonds. The molecule has 0 saturated carbocycles. The third-order valence-corrected chi connectivity index (χ3v) is 7.52. The molecule has 0 aliphatic heterocycles. The summed E-state index contributed by atoms with van der Waals surface area (Å²) in [6.07, 6.45) is 1.77. The maximum Gasteiger partial charge on any atom is 0.313 e. The Bertz CT molecular complexity index is 1440. The standard InChI is InChI=1S/C36H35NO4/c1-2-40-35(39)32(34(38)23-22-27-24-25-37-33-21-13-12-20-31(27)33)26-41-36(28-14-6-3-7-15-28,29-16-8-4-9-17-29)30-18-10-5-11-19-30/h3-21,24-25,32,34,38H,2,22-23,26H2,1H3/t32-,34+/m1/s1. The summed E-state index contributed by atoms with van der Waals surface area (Å²) in [5, 5.41) is 12.5. The van der Waals surface area contributed by atoms with Crippen LogP contribution in [0.5, 0.6) is 0 Å². The molecule has 5 nitrogen and oxygen atoms in total. The van der Waals surface area contributed by atoms with Crippen molar-refractivity contribution in [1.82, 2.24) is 4.98 Å². The van der Waals surface area contributed by atoms with Crippen LogP contribution >= 0.6 is 0 Å². The molecule has 0 fully saturated rings. The molecule has 2 atom stereocenters. The monoisotopic (exact) mass is 545 g/mol. The first-order valence-corrected chi connectivity index (χ1v) is 14.1. The second kappa shape index (κ2) is 13.4. The number of hydrogen-bond acceptors (Lipinski definition) is 5. The van der Waals surface area contributed by atoms with Crippen LogP contribution in [-0.2, 0) is 26.3 Å². The number of carbonyl (C=O) groups excluding carboxylic acids is 1. The van der Waals surface area contributed by atoms with Crippen molar-refractivity contribution >= 4 is 16.9 Å². The number of rotatable bonds is 12. The van der Waals surface area contributed by atoms with E-state index in [-0.39, 0.29) is 13.2 Å². The first-order chi connectivity index (χ1) is 20.1. The maximum absolute atomic E-state index is 13.3. The van der Waals surface area contributed by atoms with E-state index >= 15 is 0 Å². The number of para-hydroxylation sites is 1. The number of carbonyl (C=O) groups is 1. The Kier molecular flexibility index (Phi) is 9.19. The van der Waals surface area contributed by atoms with Crippen LogP contribution in [0.3, 0.4) is 0 Å². The minimum atomic E-state index is -1.00. The minimum Gasteiger partial charge on any atom is -0.466 e. The Hall–Kier alpha value is -4.32. The molecule has 0 unspecified atom stereocenters. The third-order valence-electron chi connectivity index (χ3n) is 7.52. The predicted molar refractivity (Wildman–Crippen MR) is 161 cm³/mol. The van der Waals surface area contributed by atoms with Crippen molar-refractivity contribution in [3.05, 3.63) is 150 Å². The van der Waals surface area contributed by atoms with Gasteiger partial charge in [-0.05, 0) is 54.2 Å². The largest absolute Gasteiger partial charge is 0.466 e. The van der Waals surface area contributed by atoms with E-state index in [0.29, 0.717) is 12.8 Å². The Morgan fingerprint density at radius 2 is 1.32 bits per heavy atom. The van der Waals surface area contributed by atoms with Gasteiger partial charge in [-0.1, -0.05) is 109 Å². The van der Waals surface area contributed by atoms with Crippen molar-refractivity contribution in [1.29, 1.82) is 0 Å². The van der Waals surface area contributed by atoms with Gasteiger partial charge in [0.2, 0.25) is 0 Å². The third kappa shape index (κ3) is 6.22. The molecule has 0 aliphatic carbocycles. The summed E-state index contributed by atoms with van der Waals surface area (Å²) in [6, 6.07) is 39.9. The van der Waals surface area contributed by atoms with E-state index < -0.39 is 23.6 Å². The normalized spacial score (nSPS) is 13.0. The molecule has 41 heavy (non-hydrogen) atoms. The Balaban J connectivity index is 1.48. The molecule has 1 N–H and O–H groups in total. The maximum atomic E-state index is 13.3. The van der Waals surface area contributed by atoms with Gasteiger partial charge in [0.1, 0.15) is 11.5 Å². The van der Waals surface area contributed by atoms with Gasteiger partial charge in [0.15, 0.2) is 0 Å². The summed E-state index contributed by atoms with van der Waals surface area (Å²) in [7, 11) is 0. The van der Waals surface area contributed by atoms with Crippen molar-refractivity contribution in [2.45, 2.75) is 31.5 Å². The van der Waals surface area contributed by atoms with Gasteiger partial charge in [-0.25, -0.2) is 0 Å². The van der Waals surface area contributed by atoms with Crippen LogP contribution in [0.25, 0.3) is 10.9 Å². The molecule has 1 heterocycles. The lowest BCUT2D eigenvalue weighted by Gasteiger charge is -2.37. The minimum absolute atomic E-state index is 0.0320. The van der Waals surface area contributed by atoms with Crippen LogP contribution in [0.1, 0.15) is 35.6 Å². The summed E-state index contributed by atoms with van der Waals surface area (Å²) in [6.45, 7) is 1.96. The SMILES string of the molecule is CCOC(=O)[C@H](COC(c1ccccc1)(c1ccccc1)c1ccccc1)[C@@H](O)CCc1ccnc2ccccc12. The van der Waals surface area contributed by atoms with Crippen molar-refractivity contribution < 1.29 is 19.4 Å². The first kappa shape index (κ1) is 28.2. The number of aliphatic hydroxyl groups excluding tert-OH is 1. The predicted octanol–water partition coefficient (Wildman–Crippen LogP) is 6.72. The van der Waals surface area contributed by atoms with Gasteiger partial charge >= 0.3 is 5.97 Å². The number of esters is 1. The van der Waals surface area contributed by atoms with Crippen LogP contribution in [0.2, 0.25) is 0 Å². The molecule has 0 saturated heterocycles. The molecule has 5 rings (SSSR count). The molecule has 0 bridgehead atoms. The van der Waals surface area contributed by atoms with Gasteiger partial charge in [0, 0.05) is 11.6 Å². The average Bonchev–Trinajstić information content (AvgIpc) is 3.03. The fraction of sp³-hybridized carbons (Fsp3) is 0.222. The highest BCUT2D eigenvalue weighted by Gasteiger charge is 2.40. The zero-order chi connectivity index (χ0) is 28.5.